The molecule has 3 rings (SSSR count). The van der Waals surface area contributed by atoms with Gasteiger partial charge in [-0.05, 0) is 37.4 Å². The monoisotopic (exact) mass is 433 g/mol. The molecule has 2 aromatic rings. The van der Waals surface area contributed by atoms with E-state index in [2.05, 4.69) is 34.8 Å². The number of rotatable bonds is 9. The number of ether oxygens (including phenoxy) is 1. The van der Waals surface area contributed by atoms with Crippen LogP contribution in [-0.4, -0.2) is 43.4 Å². The molecular formula is C22H36FN5OSi. The average molecular weight is 434 g/mol. The number of nitrogens with one attached hydrogen (secondary N) is 1. The number of para-hydroxylation sites is 1. The highest BCUT2D eigenvalue weighted by atomic mass is 28.3. The van der Waals surface area contributed by atoms with Crippen LogP contribution in [0.5, 0.6) is 0 Å². The predicted molar refractivity (Wildman–Crippen MR) is 124 cm³/mol. The van der Waals surface area contributed by atoms with Crippen molar-refractivity contribution in [2.75, 3.05) is 30.3 Å². The Bertz CT molecular complexity index is 807. The lowest BCUT2D eigenvalue weighted by Gasteiger charge is -2.35. The number of nitrogen functional groups attached to an aromatic ring is 1. The largest absolute Gasteiger partial charge is 0.382 e. The van der Waals surface area contributed by atoms with Gasteiger partial charge in [-0.15, -0.1) is 0 Å². The quantitative estimate of drug-likeness (QED) is 0.462. The van der Waals surface area contributed by atoms with E-state index in [1.807, 2.05) is 17.6 Å². The maximum Gasteiger partial charge on any atom is 0.146 e. The standard InChI is InChI=1S/C22H36FN5OSi/c1-17-6-5-7-19(23)21(17)27-10-8-18(9-11-27)25-14-20-22(24)26-15-28(20)16-29-12-13-30(2,3)4/h5-7,15,18,25H,8-14,16,24H2,1-4H3. The lowest BCUT2D eigenvalue weighted by molar-refractivity contribution is 0.0850. The van der Waals surface area contributed by atoms with Gasteiger partial charge in [0.15, 0.2) is 0 Å². The second kappa shape index (κ2) is 9.94. The maximum atomic E-state index is 14.3. The van der Waals surface area contributed by atoms with Crippen LogP contribution >= 0.6 is 0 Å². The molecule has 166 valence electrons. The third-order valence-electron chi connectivity index (χ3n) is 5.76. The van der Waals surface area contributed by atoms with E-state index in [9.17, 15) is 4.39 Å². The number of benzene rings is 1. The molecule has 1 aliphatic rings. The molecule has 0 bridgehead atoms. The Labute approximate surface area is 180 Å². The minimum absolute atomic E-state index is 0.132. The molecule has 30 heavy (non-hydrogen) atoms. The molecule has 0 radical (unpaired) electrons. The van der Waals surface area contributed by atoms with Crippen molar-refractivity contribution in [2.24, 2.45) is 0 Å². The summed E-state index contributed by atoms with van der Waals surface area (Å²) in [7, 11) is -1.09. The van der Waals surface area contributed by atoms with Gasteiger partial charge < -0.3 is 25.3 Å². The van der Waals surface area contributed by atoms with E-state index in [1.165, 1.54) is 0 Å². The van der Waals surface area contributed by atoms with Gasteiger partial charge in [0.25, 0.3) is 0 Å². The number of aromatic nitrogens is 2. The van der Waals surface area contributed by atoms with Crippen LogP contribution in [0.15, 0.2) is 24.5 Å². The van der Waals surface area contributed by atoms with Crippen molar-refractivity contribution in [3.8, 4) is 0 Å². The topological polar surface area (TPSA) is 68.3 Å². The fraction of sp³-hybridized carbons (Fsp3) is 0.591. The molecule has 0 spiro atoms. The molecule has 0 aliphatic carbocycles. The second-order valence-electron chi connectivity index (χ2n) is 9.44. The number of anilines is 2. The number of aryl methyl sites for hydroxylation is 1. The van der Waals surface area contributed by atoms with Gasteiger partial charge in [0.05, 0.1) is 17.7 Å². The number of nitrogens with zero attached hydrogens (tertiary/aromatic N) is 3. The Morgan fingerprint density at radius 1 is 1.27 bits per heavy atom. The molecule has 3 N–H and O–H groups in total. The first kappa shape index (κ1) is 22.8. The summed E-state index contributed by atoms with van der Waals surface area (Å²) in [6.45, 7) is 12.6. The molecule has 2 heterocycles. The molecule has 1 aromatic carbocycles. The van der Waals surface area contributed by atoms with Crippen molar-refractivity contribution in [3.05, 3.63) is 41.6 Å². The highest BCUT2D eigenvalue weighted by Crippen LogP contribution is 2.27. The van der Waals surface area contributed by atoms with Gasteiger partial charge in [-0.25, -0.2) is 9.37 Å². The average Bonchev–Trinajstić information content (AvgIpc) is 3.03. The molecule has 0 saturated carbocycles. The molecular weight excluding hydrogens is 397 g/mol. The zero-order valence-corrected chi connectivity index (χ0v) is 19.7. The van der Waals surface area contributed by atoms with Crippen LogP contribution < -0.4 is 16.0 Å². The Balaban J connectivity index is 1.48. The van der Waals surface area contributed by atoms with E-state index in [4.69, 9.17) is 10.5 Å². The van der Waals surface area contributed by atoms with Gasteiger partial charge in [-0.1, -0.05) is 31.8 Å². The lowest BCUT2D eigenvalue weighted by Crippen LogP contribution is -2.43. The van der Waals surface area contributed by atoms with Gasteiger partial charge in [-0.3, -0.25) is 0 Å². The van der Waals surface area contributed by atoms with Crippen LogP contribution in [0, 0.1) is 12.7 Å². The molecule has 1 saturated heterocycles. The van der Waals surface area contributed by atoms with Gasteiger partial charge in [-0.2, -0.15) is 0 Å². The molecule has 0 amide bonds. The van der Waals surface area contributed by atoms with Crippen molar-refractivity contribution in [3.63, 3.8) is 0 Å². The number of piperidine rings is 1. The van der Waals surface area contributed by atoms with Crippen molar-refractivity contribution < 1.29 is 9.13 Å². The Morgan fingerprint density at radius 3 is 2.67 bits per heavy atom. The van der Waals surface area contributed by atoms with Crippen LogP contribution in [0.2, 0.25) is 25.7 Å². The number of halogens is 1. The van der Waals surface area contributed by atoms with E-state index in [0.29, 0.717) is 25.1 Å². The summed E-state index contributed by atoms with van der Waals surface area (Å²) in [5.41, 5.74) is 8.80. The molecule has 6 nitrogen and oxygen atoms in total. The van der Waals surface area contributed by atoms with Gasteiger partial charge in [0.2, 0.25) is 0 Å². The molecule has 1 aromatic heterocycles. The first-order valence-electron chi connectivity index (χ1n) is 10.9. The van der Waals surface area contributed by atoms with Gasteiger partial charge in [0.1, 0.15) is 18.4 Å². The number of hydrogen-bond acceptors (Lipinski definition) is 5. The van der Waals surface area contributed by atoms with Gasteiger partial charge in [0, 0.05) is 40.4 Å². The molecule has 0 atom stereocenters. The fourth-order valence-electron chi connectivity index (χ4n) is 3.84. The number of nitrogens with two attached hydrogens (primary N) is 1. The highest BCUT2D eigenvalue weighted by molar-refractivity contribution is 6.76. The van der Waals surface area contributed by atoms with Crippen molar-refractivity contribution in [1.82, 2.24) is 14.9 Å². The van der Waals surface area contributed by atoms with Crippen molar-refractivity contribution in [2.45, 2.75) is 64.8 Å². The summed E-state index contributed by atoms with van der Waals surface area (Å²) >= 11 is 0. The molecule has 1 fully saturated rings. The third kappa shape index (κ3) is 6.06. The molecule has 0 unspecified atom stereocenters. The Hall–Kier alpha value is -1.90. The summed E-state index contributed by atoms with van der Waals surface area (Å²) in [6, 6.07) is 6.81. The van der Waals surface area contributed by atoms with Crippen LogP contribution in [0.3, 0.4) is 0 Å². The zero-order valence-electron chi connectivity index (χ0n) is 18.7. The molecule has 1 aliphatic heterocycles. The minimum atomic E-state index is -1.09. The summed E-state index contributed by atoms with van der Waals surface area (Å²) in [4.78, 5) is 6.42. The van der Waals surface area contributed by atoms with Crippen LogP contribution in [-0.2, 0) is 18.0 Å². The van der Waals surface area contributed by atoms with Crippen molar-refractivity contribution in [1.29, 1.82) is 0 Å². The molecule has 8 heteroatoms. The second-order valence-corrected chi connectivity index (χ2v) is 15.1. The van der Waals surface area contributed by atoms with Crippen LogP contribution in [0.25, 0.3) is 0 Å². The summed E-state index contributed by atoms with van der Waals surface area (Å²) < 4.78 is 22.1. The predicted octanol–water partition coefficient (Wildman–Crippen LogP) is 3.98. The van der Waals surface area contributed by atoms with Crippen LogP contribution in [0.1, 0.15) is 24.1 Å². The van der Waals surface area contributed by atoms with Crippen molar-refractivity contribution >= 4 is 19.6 Å². The smallest absolute Gasteiger partial charge is 0.146 e. The van der Waals surface area contributed by atoms with E-state index in [0.717, 1.165) is 55.5 Å². The zero-order chi connectivity index (χ0) is 21.7. The summed E-state index contributed by atoms with van der Waals surface area (Å²) in [5.74, 6) is 0.419. The maximum absolute atomic E-state index is 14.3. The normalized spacial score (nSPS) is 15.7. The highest BCUT2D eigenvalue weighted by Gasteiger charge is 2.23. The van der Waals surface area contributed by atoms with Crippen LogP contribution in [0.4, 0.5) is 15.9 Å². The van der Waals surface area contributed by atoms with E-state index < -0.39 is 8.07 Å². The van der Waals surface area contributed by atoms with E-state index in [-0.39, 0.29) is 5.82 Å². The van der Waals surface area contributed by atoms with E-state index >= 15 is 0 Å². The lowest BCUT2D eigenvalue weighted by atomic mass is 10.0. The number of imidazole rings is 1. The van der Waals surface area contributed by atoms with Gasteiger partial charge >= 0.3 is 0 Å². The Morgan fingerprint density at radius 2 is 2.00 bits per heavy atom. The SMILES string of the molecule is Cc1cccc(F)c1N1CCC(NCc2c(N)ncn2COCC[Si](C)(C)C)CC1. The van der Waals surface area contributed by atoms with E-state index in [1.54, 1.807) is 18.5 Å². The fourth-order valence-corrected chi connectivity index (χ4v) is 4.60. The first-order chi connectivity index (χ1) is 14.2. The summed E-state index contributed by atoms with van der Waals surface area (Å²) in [6.07, 6.45) is 3.69. The minimum Gasteiger partial charge on any atom is -0.382 e. The third-order valence-corrected chi connectivity index (χ3v) is 7.47. The summed E-state index contributed by atoms with van der Waals surface area (Å²) in [5, 5.41) is 3.61. The number of hydrogen-bond donors (Lipinski definition) is 2. The Kier molecular flexibility index (Phi) is 7.54. The first-order valence-corrected chi connectivity index (χ1v) is 14.6.